The second-order valence-electron chi connectivity index (χ2n) is 3.17. The van der Waals surface area contributed by atoms with Crippen molar-refractivity contribution < 1.29 is 9.21 Å². The van der Waals surface area contributed by atoms with Gasteiger partial charge in [0.2, 0.25) is 0 Å². The van der Waals surface area contributed by atoms with Crippen LogP contribution in [0.4, 0.5) is 5.82 Å². The van der Waals surface area contributed by atoms with Crippen LogP contribution in [0.5, 0.6) is 0 Å². The van der Waals surface area contributed by atoms with E-state index in [-0.39, 0.29) is 11.7 Å². The highest BCUT2D eigenvalue weighted by molar-refractivity contribution is 7.17. The van der Waals surface area contributed by atoms with E-state index in [1.54, 1.807) is 12.1 Å². The molecule has 0 spiro atoms. The van der Waals surface area contributed by atoms with Gasteiger partial charge in [-0.3, -0.25) is 9.89 Å². The number of carbonyl (C=O) groups excluding carboxylic acids is 1. The first kappa shape index (κ1) is 9.17. The predicted molar refractivity (Wildman–Crippen MR) is 60.6 cm³/mol. The molecule has 0 aliphatic rings. The molecular weight excluding hydrogens is 226 g/mol. The second-order valence-corrected chi connectivity index (χ2v) is 4.08. The van der Waals surface area contributed by atoms with Gasteiger partial charge in [0, 0.05) is 0 Å². The Kier molecular flexibility index (Phi) is 2.00. The smallest absolute Gasteiger partial charge is 0.292 e. The molecule has 0 bridgehead atoms. The maximum atomic E-state index is 11.7. The van der Waals surface area contributed by atoms with Crippen molar-refractivity contribution in [3.05, 3.63) is 35.6 Å². The zero-order chi connectivity index (χ0) is 11.0. The topological polar surface area (TPSA) is 70.9 Å². The number of thiophene rings is 1. The van der Waals surface area contributed by atoms with E-state index in [2.05, 4.69) is 15.5 Å². The zero-order valence-electron chi connectivity index (χ0n) is 8.06. The fourth-order valence-corrected chi connectivity index (χ4v) is 2.20. The summed E-state index contributed by atoms with van der Waals surface area (Å²) in [4.78, 5) is 11.7. The Labute approximate surface area is 94.1 Å². The molecule has 3 heterocycles. The number of H-pyrrole nitrogens is 1. The number of nitrogens with one attached hydrogen (secondary N) is 2. The Bertz CT molecular complexity index is 623. The van der Waals surface area contributed by atoms with Crippen molar-refractivity contribution in [2.75, 3.05) is 5.32 Å². The second kappa shape index (κ2) is 3.49. The fraction of sp³-hybridized carbons (Fsp3) is 0. The van der Waals surface area contributed by atoms with Gasteiger partial charge in [0.05, 0.1) is 16.5 Å². The van der Waals surface area contributed by atoms with Crippen LogP contribution in [0.25, 0.3) is 10.2 Å². The van der Waals surface area contributed by atoms with Gasteiger partial charge in [-0.15, -0.1) is 11.3 Å². The number of aromatic nitrogens is 2. The highest BCUT2D eigenvalue weighted by Gasteiger charge is 2.13. The van der Waals surface area contributed by atoms with Gasteiger partial charge in [-0.25, -0.2) is 0 Å². The molecule has 3 aromatic rings. The highest BCUT2D eigenvalue weighted by atomic mass is 32.1. The number of furan rings is 1. The lowest BCUT2D eigenvalue weighted by atomic mass is 10.4. The maximum absolute atomic E-state index is 11.7. The summed E-state index contributed by atoms with van der Waals surface area (Å²) in [5.41, 5.74) is 0.916. The van der Waals surface area contributed by atoms with Gasteiger partial charge in [-0.05, 0) is 23.6 Å². The number of hydrogen-bond donors (Lipinski definition) is 2. The Morgan fingerprint density at radius 1 is 1.50 bits per heavy atom. The molecule has 0 radical (unpaired) electrons. The maximum Gasteiger partial charge on any atom is 0.292 e. The normalized spacial score (nSPS) is 10.8. The number of nitrogens with zero attached hydrogens (tertiary/aromatic N) is 1. The van der Waals surface area contributed by atoms with Gasteiger partial charge in [0.15, 0.2) is 11.6 Å². The Morgan fingerprint density at radius 2 is 2.44 bits per heavy atom. The molecule has 0 atom stereocenters. The van der Waals surface area contributed by atoms with Crippen LogP contribution >= 0.6 is 11.3 Å². The summed E-state index contributed by atoms with van der Waals surface area (Å²) in [6.07, 6.45) is 1.46. The number of amides is 1. The molecule has 0 fully saturated rings. The minimum Gasteiger partial charge on any atom is -0.459 e. The molecule has 0 saturated carbocycles. The average molecular weight is 233 g/mol. The summed E-state index contributed by atoms with van der Waals surface area (Å²) in [7, 11) is 0. The summed E-state index contributed by atoms with van der Waals surface area (Å²) in [5.74, 6) is 0.505. The van der Waals surface area contributed by atoms with E-state index in [1.165, 1.54) is 17.6 Å². The number of carbonyl (C=O) groups is 1. The Morgan fingerprint density at radius 3 is 3.25 bits per heavy atom. The van der Waals surface area contributed by atoms with Crippen LogP contribution < -0.4 is 5.32 Å². The van der Waals surface area contributed by atoms with E-state index < -0.39 is 0 Å². The quantitative estimate of drug-likeness (QED) is 0.714. The van der Waals surface area contributed by atoms with Crippen LogP contribution in [-0.2, 0) is 0 Å². The summed E-state index contributed by atoms with van der Waals surface area (Å²) < 4.78 is 5.92. The minimum absolute atomic E-state index is 0.271. The first-order valence-electron chi connectivity index (χ1n) is 4.61. The van der Waals surface area contributed by atoms with E-state index in [0.717, 1.165) is 10.2 Å². The van der Waals surface area contributed by atoms with E-state index in [0.29, 0.717) is 5.82 Å². The van der Waals surface area contributed by atoms with Gasteiger partial charge in [-0.1, -0.05) is 0 Å². The molecule has 6 heteroatoms. The zero-order valence-corrected chi connectivity index (χ0v) is 8.88. The molecule has 16 heavy (non-hydrogen) atoms. The lowest BCUT2D eigenvalue weighted by Crippen LogP contribution is -2.11. The summed E-state index contributed by atoms with van der Waals surface area (Å²) in [5, 5.41) is 11.5. The van der Waals surface area contributed by atoms with Gasteiger partial charge >= 0.3 is 0 Å². The summed E-state index contributed by atoms with van der Waals surface area (Å²) >= 11 is 1.52. The molecule has 3 rings (SSSR count). The van der Waals surface area contributed by atoms with Crippen molar-refractivity contribution in [1.29, 1.82) is 0 Å². The van der Waals surface area contributed by atoms with Gasteiger partial charge in [0.25, 0.3) is 5.91 Å². The third-order valence-corrected chi connectivity index (χ3v) is 3.07. The summed E-state index contributed by atoms with van der Waals surface area (Å²) in [6, 6.07) is 5.18. The molecule has 80 valence electrons. The van der Waals surface area contributed by atoms with Crippen LogP contribution in [0.15, 0.2) is 34.3 Å². The Balaban J connectivity index is 1.91. The van der Waals surface area contributed by atoms with Crippen LogP contribution in [0.3, 0.4) is 0 Å². The third kappa shape index (κ3) is 1.40. The van der Waals surface area contributed by atoms with Crippen molar-refractivity contribution in [1.82, 2.24) is 10.2 Å². The fourth-order valence-electron chi connectivity index (χ4n) is 1.41. The molecular formula is C10H7N3O2S. The molecule has 3 aromatic heterocycles. The van der Waals surface area contributed by atoms with Crippen LogP contribution in [-0.4, -0.2) is 16.1 Å². The number of anilines is 1. The van der Waals surface area contributed by atoms with Gasteiger partial charge in [-0.2, -0.15) is 5.10 Å². The standard InChI is InChI=1S/C10H7N3O2S/c14-10(7-2-1-4-15-7)11-9-8-6(12-13-9)3-5-16-8/h1-5H,(H2,11,12,13,14). The molecule has 0 aliphatic carbocycles. The van der Waals surface area contributed by atoms with Crippen LogP contribution in [0.1, 0.15) is 10.6 Å². The van der Waals surface area contributed by atoms with Crippen molar-refractivity contribution in [3.63, 3.8) is 0 Å². The number of aromatic amines is 1. The summed E-state index contributed by atoms with van der Waals surface area (Å²) in [6.45, 7) is 0. The molecule has 5 nitrogen and oxygen atoms in total. The first-order chi connectivity index (χ1) is 7.84. The molecule has 0 saturated heterocycles. The van der Waals surface area contributed by atoms with E-state index in [4.69, 9.17) is 4.42 Å². The largest absolute Gasteiger partial charge is 0.459 e. The molecule has 0 unspecified atom stereocenters. The van der Waals surface area contributed by atoms with Gasteiger partial charge < -0.3 is 9.73 Å². The molecule has 0 aromatic carbocycles. The van der Waals surface area contributed by atoms with Gasteiger partial charge in [0.1, 0.15) is 0 Å². The van der Waals surface area contributed by atoms with E-state index in [9.17, 15) is 4.79 Å². The highest BCUT2D eigenvalue weighted by Crippen LogP contribution is 2.26. The average Bonchev–Trinajstić information content (AvgIpc) is 2.94. The number of hydrogen-bond acceptors (Lipinski definition) is 4. The van der Waals surface area contributed by atoms with Crippen molar-refractivity contribution in [2.24, 2.45) is 0 Å². The lowest BCUT2D eigenvalue weighted by molar-refractivity contribution is 0.0996. The van der Waals surface area contributed by atoms with E-state index in [1.807, 2.05) is 11.4 Å². The monoisotopic (exact) mass is 233 g/mol. The molecule has 2 N–H and O–H groups in total. The predicted octanol–water partition coefficient (Wildman–Crippen LogP) is 2.47. The lowest BCUT2D eigenvalue weighted by Gasteiger charge is -1.97. The number of rotatable bonds is 2. The SMILES string of the molecule is O=C(Nc1n[nH]c2ccsc12)c1ccco1. The first-order valence-corrected chi connectivity index (χ1v) is 5.49. The van der Waals surface area contributed by atoms with Crippen molar-refractivity contribution in [2.45, 2.75) is 0 Å². The van der Waals surface area contributed by atoms with Crippen molar-refractivity contribution in [3.8, 4) is 0 Å². The van der Waals surface area contributed by atoms with Crippen molar-refractivity contribution >= 4 is 33.3 Å². The molecule has 1 amide bonds. The minimum atomic E-state index is -0.299. The molecule has 0 aliphatic heterocycles. The van der Waals surface area contributed by atoms with Crippen LogP contribution in [0.2, 0.25) is 0 Å². The van der Waals surface area contributed by atoms with E-state index >= 15 is 0 Å². The van der Waals surface area contributed by atoms with Crippen LogP contribution in [0, 0.1) is 0 Å². The number of fused-ring (bicyclic) bond motifs is 1. The third-order valence-electron chi connectivity index (χ3n) is 2.15. The Hall–Kier alpha value is -2.08.